The Kier molecular flexibility index (Phi) is 4.71. The van der Waals surface area contributed by atoms with Crippen LogP contribution >= 0.6 is 0 Å². The smallest absolute Gasteiger partial charge is 0.248 e. The zero-order valence-electron chi connectivity index (χ0n) is 16.1. The average Bonchev–Trinajstić information content (AvgIpc) is 2.64. The molecule has 0 amide bonds. The Labute approximate surface area is 164 Å². The zero-order valence-corrected chi connectivity index (χ0v) is 16.1. The van der Waals surface area contributed by atoms with Gasteiger partial charge in [-0.3, -0.25) is 9.79 Å². The minimum atomic E-state index is -0.498. The van der Waals surface area contributed by atoms with Crippen molar-refractivity contribution in [1.82, 2.24) is 4.98 Å². The first-order chi connectivity index (χ1) is 13.5. The highest BCUT2D eigenvalue weighted by Crippen LogP contribution is 2.51. The van der Waals surface area contributed by atoms with Crippen molar-refractivity contribution in [2.75, 3.05) is 0 Å². The van der Waals surface area contributed by atoms with Crippen LogP contribution in [0.25, 0.3) is 6.08 Å². The number of hydrogen-bond donors (Lipinski definition) is 1. The lowest BCUT2D eigenvalue weighted by atomic mass is 9.63. The van der Waals surface area contributed by atoms with Gasteiger partial charge in [-0.15, -0.1) is 0 Å². The van der Waals surface area contributed by atoms with Crippen LogP contribution < -0.4 is 5.56 Å². The molecular formula is C24H23FN2O. The summed E-state index contributed by atoms with van der Waals surface area (Å²) in [5.41, 5.74) is 4.83. The largest absolute Gasteiger partial charge is 0.326 e. The summed E-state index contributed by atoms with van der Waals surface area (Å²) < 4.78 is 13.4. The molecule has 1 heterocycles. The van der Waals surface area contributed by atoms with E-state index in [1.165, 1.54) is 23.3 Å². The van der Waals surface area contributed by atoms with Crippen LogP contribution in [-0.4, -0.2) is 11.2 Å². The van der Waals surface area contributed by atoms with E-state index >= 15 is 0 Å². The number of nitrogens with one attached hydrogen (secondary N) is 1. The Balaban J connectivity index is 1.77. The molecule has 2 aliphatic rings. The van der Waals surface area contributed by atoms with Crippen molar-refractivity contribution in [2.24, 2.45) is 10.9 Å². The standard InChI is InChI=1S/C24H23FN2O/c1-3-20-18-12-16(2)15-24(20,21-9-10-23(28)27-22(21)14-18)26-11-5-7-17-6-4-8-19(25)13-17/h3-13,18H,14-15H2,1-2H3,(H,27,28)/b7-5+,20-3+,26-11+/t18-,24+/m0/s1. The molecule has 4 rings (SSSR count). The lowest BCUT2D eigenvalue weighted by Gasteiger charge is -2.45. The first-order valence-corrected chi connectivity index (χ1v) is 9.56. The molecule has 2 bridgehead atoms. The molecule has 1 N–H and O–H groups in total. The van der Waals surface area contributed by atoms with Gasteiger partial charge in [0.15, 0.2) is 0 Å². The van der Waals surface area contributed by atoms with E-state index in [-0.39, 0.29) is 17.3 Å². The molecule has 2 atom stereocenters. The van der Waals surface area contributed by atoms with Crippen LogP contribution in [0.3, 0.4) is 0 Å². The van der Waals surface area contributed by atoms with E-state index in [1.54, 1.807) is 18.3 Å². The highest BCUT2D eigenvalue weighted by Gasteiger charge is 2.46. The van der Waals surface area contributed by atoms with E-state index in [0.717, 1.165) is 29.7 Å². The zero-order chi connectivity index (χ0) is 19.7. The maximum Gasteiger partial charge on any atom is 0.248 e. The number of aliphatic imine (C=N–C) groups is 1. The summed E-state index contributed by atoms with van der Waals surface area (Å²) in [5, 5.41) is 0. The third-order valence-electron chi connectivity index (χ3n) is 5.60. The van der Waals surface area contributed by atoms with Crippen LogP contribution in [0.2, 0.25) is 0 Å². The van der Waals surface area contributed by atoms with E-state index < -0.39 is 5.54 Å². The molecule has 1 aromatic carbocycles. The van der Waals surface area contributed by atoms with Crippen LogP contribution in [0, 0.1) is 11.7 Å². The van der Waals surface area contributed by atoms with Gasteiger partial charge in [-0.2, -0.15) is 0 Å². The number of fused-ring (bicyclic) bond motifs is 4. The molecule has 0 saturated carbocycles. The molecule has 28 heavy (non-hydrogen) atoms. The van der Waals surface area contributed by atoms with Crippen LogP contribution in [0.1, 0.15) is 37.1 Å². The Morgan fingerprint density at radius 2 is 2.14 bits per heavy atom. The van der Waals surface area contributed by atoms with Crippen LogP contribution in [0.4, 0.5) is 4.39 Å². The molecule has 2 aliphatic carbocycles. The van der Waals surface area contributed by atoms with Gasteiger partial charge >= 0.3 is 0 Å². The quantitative estimate of drug-likeness (QED) is 0.599. The molecule has 0 saturated heterocycles. The van der Waals surface area contributed by atoms with Crippen LogP contribution in [0.15, 0.2) is 75.6 Å². The topological polar surface area (TPSA) is 45.2 Å². The monoisotopic (exact) mass is 374 g/mol. The third-order valence-corrected chi connectivity index (χ3v) is 5.60. The summed E-state index contributed by atoms with van der Waals surface area (Å²) >= 11 is 0. The third kappa shape index (κ3) is 3.19. The molecule has 0 fully saturated rings. The minimum Gasteiger partial charge on any atom is -0.326 e. The number of halogens is 1. The summed E-state index contributed by atoms with van der Waals surface area (Å²) in [4.78, 5) is 19.9. The predicted octanol–water partition coefficient (Wildman–Crippen LogP) is 4.96. The molecular weight excluding hydrogens is 351 g/mol. The van der Waals surface area contributed by atoms with Crippen molar-refractivity contribution in [2.45, 2.75) is 32.2 Å². The second-order valence-corrected chi connectivity index (χ2v) is 7.51. The van der Waals surface area contributed by atoms with Gasteiger partial charge < -0.3 is 4.98 Å². The highest BCUT2D eigenvalue weighted by molar-refractivity contribution is 5.79. The summed E-state index contributed by atoms with van der Waals surface area (Å²) in [5.74, 6) is -0.0106. The second-order valence-electron chi connectivity index (χ2n) is 7.51. The number of benzene rings is 1. The fourth-order valence-corrected chi connectivity index (χ4v) is 4.59. The number of aromatic amines is 1. The van der Waals surface area contributed by atoms with E-state index in [1.807, 2.05) is 24.3 Å². The van der Waals surface area contributed by atoms with E-state index in [0.29, 0.717) is 0 Å². The van der Waals surface area contributed by atoms with Gasteiger partial charge in [0.05, 0.1) is 0 Å². The van der Waals surface area contributed by atoms with Gasteiger partial charge in [0.1, 0.15) is 11.4 Å². The lowest BCUT2D eigenvalue weighted by molar-refractivity contribution is 0.413. The van der Waals surface area contributed by atoms with Crippen molar-refractivity contribution in [3.05, 3.63) is 98.8 Å². The van der Waals surface area contributed by atoms with Crippen molar-refractivity contribution in [1.29, 1.82) is 0 Å². The van der Waals surface area contributed by atoms with Gasteiger partial charge in [0.25, 0.3) is 0 Å². The SMILES string of the molecule is C/C=C1\[C@H]2C=C(C)C[C@]1(/N=C/C=C/c1cccc(F)c1)c1ccc(=O)[nH]c1C2. The molecule has 3 nitrogen and oxygen atoms in total. The number of H-pyrrole nitrogens is 1. The Morgan fingerprint density at radius 3 is 2.93 bits per heavy atom. The number of allylic oxidation sites excluding steroid dienone is 3. The molecule has 1 aromatic heterocycles. The fraction of sp³-hybridized carbons (Fsp3) is 0.250. The number of rotatable bonds is 3. The normalized spacial score (nSPS) is 25.3. The number of aromatic nitrogens is 1. The lowest BCUT2D eigenvalue weighted by Crippen LogP contribution is -2.40. The molecule has 4 heteroatoms. The number of nitrogens with zero attached hydrogens (tertiary/aromatic N) is 1. The highest BCUT2D eigenvalue weighted by atomic mass is 19.1. The van der Waals surface area contributed by atoms with Gasteiger partial charge in [-0.1, -0.05) is 35.9 Å². The molecule has 0 radical (unpaired) electrons. The summed E-state index contributed by atoms with van der Waals surface area (Å²) in [6.45, 7) is 4.20. The van der Waals surface area contributed by atoms with Crippen molar-refractivity contribution in [3.63, 3.8) is 0 Å². The van der Waals surface area contributed by atoms with Gasteiger partial charge in [-0.25, -0.2) is 4.39 Å². The van der Waals surface area contributed by atoms with Gasteiger partial charge in [0.2, 0.25) is 5.56 Å². The summed E-state index contributed by atoms with van der Waals surface area (Å²) in [7, 11) is 0. The average molecular weight is 374 g/mol. The maximum atomic E-state index is 13.4. The Bertz CT molecular complexity index is 1090. The Morgan fingerprint density at radius 1 is 1.29 bits per heavy atom. The summed E-state index contributed by atoms with van der Waals surface area (Å²) in [6.07, 6.45) is 11.5. The second kappa shape index (κ2) is 7.19. The molecule has 0 aliphatic heterocycles. The first-order valence-electron chi connectivity index (χ1n) is 9.56. The molecule has 0 unspecified atom stereocenters. The Hall–Kier alpha value is -3.01. The fourth-order valence-electron chi connectivity index (χ4n) is 4.59. The molecule has 0 spiro atoms. The van der Waals surface area contributed by atoms with E-state index in [9.17, 15) is 9.18 Å². The van der Waals surface area contributed by atoms with Gasteiger partial charge in [-0.05, 0) is 55.7 Å². The van der Waals surface area contributed by atoms with Crippen molar-refractivity contribution >= 4 is 12.3 Å². The maximum absolute atomic E-state index is 13.4. The predicted molar refractivity (Wildman–Crippen MR) is 112 cm³/mol. The first kappa shape index (κ1) is 18.4. The van der Waals surface area contributed by atoms with Crippen LogP contribution in [0.5, 0.6) is 0 Å². The number of hydrogen-bond acceptors (Lipinski definition) is 2. The van der Waals surface area contributed by atoms with E-state index in [4.69, 9.17) is 4.99 Å². The molecule has 2 aromatic rings. The van der Waals surface area contributed by atoms with Crippen molar-refractivity contribution in [3.8, 4) is 0 Å². The van der Waals surface area contributed by atoms with E-state index in [2.05, 4.69) is 31.0 Å². The number of pyridine rings is 1. The minimum absolute atomic E-state index is 0.0772. The molecule has 142 valence electrons. The van der Waals surface area contributed by atoms with Crippen LogP contribution in [-0.2, 0) is 12.0 Å². The van der Waals surface area contributed by atoms with Crippen molar-refractivity contribution < 1.29 is 4.39 Å². The summed E-state index contributed by atoms with van der Waals surface area (Å²) in [6, 6.07) is 9.97. The van der Waals surface area contributed by atoms with Gasteiger partial charge in [0, 0.05) is 35.9 Å².